The normalized spacial score (nSPS) is 14.3. The van der Waals surface area contributed by atoms with E-state index in [1.165, 1.54) is 0 Å². The average Bonchev–Trinajstić information content (AvgIpc) is 1.65. The number of benzene rings is 25. The van der Waals surface area contributed by atoms with Gasteiger partial charge in [-0.2, -0.15) is 0 Å². The summed E-state index contributed by atoms with van der Waals surface area (Å²) in [6.45, 7) is 0. The molecule has 0 N–H and O–H groups in total. The van der Waals surface area contributed by atoms with Crippen LogP contribution in [-0.2, 0) is 0 Å². The fourth-order valence-electron chi connectivity index (χ4n) is 19.9. The van der Waals surface area contributed by atoms with E-state index in [2.05, 4.69) is 24.3 Å². The fourth-order valence-corrected chi connectivity index (χ4v) is 19.9. The molecular weight excluding hydrogens is 1610 g/mol. The maximum absolute atomic E-state index is 9.43. The lowest BCUT2D eigenvalue weighted by molar-refractivity contribution is 0.669. The third-order valence-electron chi connectivity index (χ3n) is 25.8. The quantitative estimate of drug-likeness (QED) is 0.135. The minimum Gasteiger partial charge on any atom is -0.456 e. The highest BCUT2D eigenvalue weighted by atomic mass is 16.3. The van der Waals surface area contributed by atoms with Gasteiger partial charge in [0.15, 0.2) is 0 Å². The smallest absolute Gasteiger partial charge is 0.136 e. The van der Waals surface area contributed by atoms with Gasteiger partial charge in [0.2, 0.25) is 0 Å². The molecule has 3 nitrogen and oxygen atoms in total. The van der Waals surface area contributed by atoms with E-state index in [9.17, 15) is 16.4 Å². The summed E-state index contributed by atoms with van der Waals surface area (Å²) in [7, 11) is 0. The molecule has 3 heteroatoms. The van der Waals surface area contributed by atoms with Gasteiger partial charge in [-0.15, -0.1) is 0 Å². The molecule has 0 spiro atoms. The van der Waals surface area contributed by atoms with Crippen LogP contribution in [0.5, 0.6) is 0 Å². The second-order valence-corrected chi connectivity index (χ2v) is 33.2. The molecule has 25 aromatic carbocycles. The van der Waals surface area contributed by atoms with Crippen molar-refractivity contribution in [3.05, 3.63) is 485 Å². The van der Waals surface area contributed by atoms with Gasteiger partial charge in [-0.05, 0) is 269 Å². The summed E-state index contributed by atoms with van der Waals surface area (Å²) in [5.41, 5.74) is 14.6. The minimum absolute atomic E-state index is 0.164. The van der Waals surface area contributed by atoms with Gasteiger partial charge < -0.3 is 13.3 Å². The molecule has 0 aliphatic carbocycles. The number of furan rings is 3. The molecule has 28 rings (SSSR count). The molecule has 0 amide bonds. The average molecular weight is 1710 g/mol. The van der Waals surface area contributed by atoms with Crippen LogP contribution >= 0.6 is 0 Å². The van der Waals surface area contributed by atoms with Crippen LogP contribution in [0.4, 0.5) is 0 Å². The molecule has 0 saturated carbocycles. The van der Waals surface area contributed by atoms with Crippen LogP contribution in [0.15, 0.2) is 498 Å². The molecular formula is C130H80O3. The maximum atomic E-state index is 9.43. The Morgan fingerprint density at radius 2 is 0.368 bits per heavy atom. The molecule has 0 unspecified atom stereocenters. The van der Waals surface area contributed by atoms with Crippen LogP contribution in [0.25, 0.3) is 274 Å². The zero-order valence-electron chi connectivity index (χ0n) is 94.6. The van der Waals surface area contributed by atoms with E-state index in [-0.39, 0.29) is 137 Å². The molecule has 0 fully saturated rings. The van der Waals surface area contributed by atoms with Crippen molar-refractivity contribution < 1.29 is 46.1 Å². The first-order valence-electron chi connectivity index (χ1n) is 55.8. The molecule has 28 aromatic rings. The number of fused-ring (bicyclic) bond motifs is 19. The predicted molar refractivity (Wildman–Crippen MR) is 565 cm³/mol. The van der Waals surface area contributed by atoms with Crippen LogP contribution in [0, 0.1) is 0 Å². The van der Waals surface area contributed by atoms with Gasteiger partial charge in [-0.3, -0.25) is 0 Å². The highest BCUT2D eigenvalue weighted by molar-refractivity contribution is 6.31. The van der Waals surface area contributed by atoms with Crippen molar-refractivity contribution in [3.8, 4) is 100 Å². The van der Waals surface area contributed by atoms with Crippen molar-refractivity contribution >= 4 is 174 Å². The lowest BCUT2D eigenvalue weighted by Crippen LogP contribution is -1.92. The van der Waals surface area contributed by atoms with E-state index >= 15 is 0 Å². The molecule has 3 heterocycles. The molecule has 618 valence electrons. The Kier molecular flexibility index (Phi) is 13.4. The Balaban J connectivity index is 0.000000118. The van der Waals surface area contributed by atoms with Crippen LogP contribution in [0.3, 0.4) is 0 Å². The SMILES string of the molecule is [2H]c1c([2H])c([2H])c2c(-c3cccc4oc5cc6ccccc6cc5c34)c3c([2H])c([2H])c([2H])c([2H])c3c(-c3ccc(-c4ccc(-c5ccccc5)cc4)cc3)c2c1[2H].[2H]c1c([2H])c([2H])c2c(-c3cccc4oc5cc6ccccc6cc5c34)c3c([2H])c([2H])c([2H])c([2H])c3c(-c3cccc(-c4ccccc4)c3)c2c1[2H].[2H]c1c([2H])c([2H])c2c(-c3cccc4oc5cc6ccccc6cc5c34)c3c([2H])c([2H])c([2H])c([2H])c3c(-c3cccc4ccccc34)c2c1[2H]. The maximum Gasteiger partial charge on any atom is 0.136 e. The first kappa shape index (κ1) is 56.0. The Hall–Kier alpha value is -17.5. The molecule has 0 bridgehead atoms. The van der Waals surface area contributed by atoms with Gasteiger partial charge in [0.05, 0.1) is 32.9 Å². The molecule has 0 aliphatic heterocycles. The Bertz CT molecular complexity index is 10900. The van der Waals surface area contributed by atoms with E-state index in [0.29, 0.717) is 116 Å². The standard InChI is InChI=1S/C48H30O.C42H26O.C40H24O/c1-2-11-31(12-3-1)32-21-23-33(24-22-32)34-25-27-35(28-26-34)46-38-15-6-8-17-40(38)47(41-18-9-7-16-39(41)46)42-19-10-20-44-48(42)43-29-36-13-4-5-14-37(36)30-45(43)49-44;1-2-12-27(13-3-1)28-16-10-17-31(24-28)40-32-18-6-8-20-34(32)41(35-21-9-7-19-33(35)40)36-22-11-23-38-42(36)37-25-29-14-4-5-15-30(29)26-39(37)43-38;1-2-13-27-24-37-35(23-26(27)12-1)40-34(21-10-22-36(40)41-37)39-32-18-7-5-16-30(32)38(31-17-6-8-19-33(31)39)29-20-9-14-25-11-3-4-15-28(25)29/h1-30H;1-26H;1-24H/i6D,7D,8D,9D,15D,16D,17D,18D;6D,7D,8D,9D,18D,19D,20D,21D;5D,6D,7D,8D,16D,17D,18D,19D. The van der Waals surface area contributed by atoms with Crippen LogP contribution in [0.2, 0.25) is 0 Å². The summed E-state index contributed by atoms with van der Waals surface area (Å²) < 4.78 is 237. The molecule has 0 saturated heterocycles. The molecule has 0 atom stereocenters. The summed E-state index contributed by atoms with van der Waals surface area (Å²) in [5, 5.41) is 14.0. The molecule has 133 heavy (non-hydrogen) atoms. The number of hydrogen-bond donors (Lipinski definition) is 0. The van der Waals surface area contributed by atoms with E-state index in [4.69, 9.17) is 29.7 Å². The third-order valence-corrected chi connectivity index (χ3v) is 25.8. The molecule has 3 aromatic heterocycles. The van der Waals surface area contributed by atoms with E-state index in [1.807, 2.05) is 297 Å². The van der Waals surface area contributed by atoms with Crippen molar-refractivity contribution in [1.29, 1.82) is 0 Å². The monoisotopic (exact) mass is 1710 g/mol. The summed E-state index contributed by atoms with van der Waals surface area (Å²) in [6, 6.07) is 99.8. The molecule has 0 radical (unpaired) electrons. The lowest BCUT2D eigenvalue weighted by Gasteiger charge is -2.19. The van der Waals surface area contributed by atoms with E-state index in [1.54, 1.807) is 18.2 Å². The highest BCUT2D eigenvalue weighted by Crippen LogP contribution is 2.53. The highest BCUT2D eigenvalue weighted by Gasteiger charge is 2.27. The second kappa shape index (κ2) is 31.8. The first-order valence-corrected chi connectivity index (χ1v) is 43.8. The van der Waals surface area contributed by atoms with Crippen molar-refractivity contribution in [2.24, 2.45) is 0 Å². The minimum atomic E-state index is -0.440. The fraction of sp³-hybridized carbons (Fsp3) is 0. The van der Waals surface area contributed by atoms with Gasteiger partial charge in [-0.1, -0.05) is 424 Å². The van der Waals surface area contributed by atoms with Crippen molar-refractivity contribution in [2.75, 3.05) is 0 Å². The van der Waals surface area contributed by atoms with Gasteiger partial charge in [0.1, 0.15) is 33.5 Å². The lowest BCUT2D eigenvalue weighted by atomic mass is 9.84. The van der Waals surface area contributed by atoms with E-state index < -0.39 is 72.5 Å². The zero-order chi connectivity index (χ0) is 108. The predicted octanol–water partition coefficient (Wildman–Crippen LogP) is 37.3. The van der Waals surface area contributed by atoms with Crippen LogP contribution < -0.4 is 0 Å². The number of rotatable bonds is 9. The summed E-state index contributed by atoms with van der Waals surface area (Å²) in [4.78, 5) is 0. The summed E-state index contributed by atoms with van der Waals surface area (Å²) in [5.74, 6) is 0. The van der Waals surface area contributed by atoms with Crippen molar-refractivity contribution in [3.63, 3.8) is 0 Å². The van der Waals surface area contributed by atoms with Crippen molar-refractivity contribution in [1.82, 2.24) is 0 Å². The molecule has 0 aliphatic rings. The Morgan fingerprint density at radius 1 is 0.135 bits per heavy atom. The van der Waals surface area contributed by atoms with Gasteiger partial charge in [0.25, 0.3) is 0 Å². The van der Waals surface area contributed by atoms with E-state index in [0.717, 1.165) is 92.6 Å². The second-order valence-electron chi connectivity index (χ2n) is 33.2. The summed E-state index contributed by atoms with van der Waals surface area (Å²) in [6.07, 6.45) is 0. The largest absolute Gasteiger partial charge is 0.456 e. The zero-order valence-corrected chi connectivity index (χ0v) is 70.6. The topological polar surface area (TPSA) is 39.4 Å². The number of hydrogen-bond acceptors (Lipinski definition) is 3. The van der Waals surface area contributed by atoms with Crippen molar-refractivity contribution in [2.45, 2.75) is 0 Å². The van der Waals surface area contributed by atoms with Gasteiger partial charge in [0, 0.05) is 32.3 Å². The Labute approximate surface area is 800 Å². The van der Waals surface area contributed by atoms with Gasteiger partial charge in [-0.25, -0.2) is 0 Å². The Morgan fingerprint density at radius 3 is 0.722 bits per heavy atom. The van der Waals surface area contributed by atoms with Crippen LogP contribution in [0.1, 0.15) is 32.9 Å². The van der Waals surface area contributed by atoms with Crippen LogP contribution in [-0.4, -0.2) is 0 Å². The summed E-state index contributed by atoms with van der Waals surface area (Å²) >= 11 is 0. The first-order chi connectivity index (χ1) is 75.9. The third kappa shape index (κ3) is 13.0. The van der Waals surface area contributed by atoms with Gasteiger partial charge >= 0.3 is 0 Å².